The molecule has 1 aliphatic rings. The molecule has 0 amide bonds. The smallest absolute Gasteiger partial charge is 0.189 e. The summed E-state index contributed by atoms with van der Waals surface area (Å²) in [4.78, 5) is 12.3. The van der Waals surface area contributed by atoms with Gasteiger partial charge in [0.05, 0.1) is 0 Å². The van der Waals surface area contributed by atoms with E-state index >= 15 is 0 Å². The lowest BCUT2D eigenvalue weighted by Crippen LogP contribution is -1.95. The van der Waals surface area contributed by atoms with E-state index in [1.54, 1.807) is 0 Å². The van der Waals surface area contributed by atoms with Crippen molar-refractivity contribution in [2.24, 2.45) is 0 Å². The number of aryl methyl sites for hydroxylation is 2. The van der Waals surface area contributed by atoms with E-state index < -0.39 is 0 Å². The second kappa shape index (κ2) is 4.64. The van der Waals surface area contributed by atoms with Gasteiger partial charge in [0.15, 0.2) is 5.78 Å². The quantitative estimate of drug-likeness (QED) is 0.795. The van der Waals surface area contributed by atoms with Crippen LogP contribution in [0.4, 0.5) is 0 Å². The summed E-state index contributed by atoms with van der Waals surface area (Å²) in [5.41, 5.74) is 5.35. The Morgan fingerprint density at radius 1 is 1.10 bits per heavy atom. The Hall–Kier alpha value is -2.35. The van der Waals surface area contributed by atoms with Crippen molar-refractivity contribution in [2.45, 2.75) is 20.3 Å². The van der Waals surface area contributed by atoms with Gasteiger partial charge in [-0.05, 0) is 54.3 Å². The molecule has 2 nitrogen and oxygen atoms in total. The van der Waals surface area contributed by atoms with Crippen LogP contribution < -0.4 is 0 Å². The Kier molecular flexibility index (Phi) is 2.94. The number of rotatable bonds is 1. The molecule has 3 rings (SSSR count). The highest BCUT2D eigenvalue weighted by atomic mass is 16.3. The third kappa shape index (κ3) is 2.03. The van der Waals surface area contributed by atoms with Gasteiger partial charge in [-0.15, -0.1) is 0 Å². The Morgan fingerprint density at radius 2 is 1.75 bits per heavy atom. The number of phenols is 1. The van der Waals surface area contributed by atoms with Gasteiger partial charge in [-0.1, -0.05) is 24.3 Å². The first-order valence-electron chi connectivity index (χ1n) is 6.69. The highest BCUT2D eigenvalue weighted by Crippen LogP contribution is 2.29. The van der Waals surface area contributed by atoms with Gasteiger partial charge in [-0.3, -0.25) is 4.79 Å². The molecule has 0 radical (unpaired) electrons. The zero-order chi connectivity index (χ0) is 14.3. The van der Waals surface area contributed by atoms with E-state index in [2.05, 4.69) is 0 Å². The second-order valence-corrected chi connectivity index (χ2v) is 5.34. The van der Waals surface area contributed by atoms with E-state index in [-0.39, 0.29) is 5.78 Å². The van der Waals surface area contributed by atoms with Crippen LogP contribution in [0.15, 0.2) is 42.0 Å². The summed E-state index contributed by atoms with van der Waals surface area (Å²) in [6, 6.07) is 11.6. The van der Waals surface area contributed by atoms with Crippen LogP contribution >= 0.6 is 0 Å². The van der Waals surface area contributed by atoms with Crippen LogP contribution in [0, 0.1) is 13.8 Å². The lowest BCUT2D eigenvalue weighted by atomic mass is 10.0. The maximum absolute atomic E-state index is 12.3. The van der Waals surface area contributed by atoms with Gasteiger partial charge in [0.1, 0.15) is 5.75 Å². The molecule has 1 aliphatic carbocycles. The molecule has 2 heteroatoms. The van der Waals surface area contributed by atoms with Gasteiger partial charge < -0.3 is 5.11 Å². The SMILES string of the molecule is Cc1cc(/C=C2/Cc3ccccc3C2=O)cc(C)c1O. The summed E-state index contributed by atoms with van der Waals surface area (Å²) in [6.07, 6.45) is 2.62. The highest BCUT2D eigenvalue weighted by Gasteiger charge is 2.23. The largest absolute Gasteiger partial charge is 0.507 e. The van der Waals surface area contributed by atoms with Gasteiger partial charge in [0.2, 0.25) is 0 Å². The molecule has 20 heavy (non-hydrogen) atoms. The summed E-state index contributed by atoms with van der Waals surface area (Å²) in [6.45, 7) is 3.74. The van der Waals surface area contributed by atoms with Crippen molar-refractivity contribution in [3.05, 3.63) is 69.8 Å². The molecule has 0 spiro atoms. The average molecular weight is 264 g/mol. The topological polar surface area (TPSA) is 37.3 Å². The number of allylic oxidation sites excluding steroid dienone is 1. The van der Waals surface area contributed by atoms with Crippen LogP contribution in [-0.2, 0) is 6.42 Å². The van der Waals surface area contributed by atoms with Crippen LogP contribution in [0.3, 0.4) is 0 Å². The average Bonchev–Trinajstić information content (AvgIpc) is 2.73. The van der Waals surface area contributed by atoms with Crippen molar-refractivity contribution >= 4 is 11.9 Å². The third-order valence-electron chi connectivity index (χ3n) is 3.79. The molecular weight excluding hydrogens is 248 g/mol. The number of ketones is 1. The van der Waals surface area contributed by atoms with Crippen LogP contribution in [0.25, 0.3) is 6.08 Å². The molecule has 2 aromatic rings. The number of Topliss-reactive ketones (excluding diaryl/α,β-unsaturated/α-hetero) is 1. The predicted octanol–water partition coefficient (Wildman–Crippen LogP) is 3.83. The van der Waals surface area contributed by atoms with Crippen molar-refractivity contribution in [3.8, 4) is 5.75 Å². The van der Waals surface area contributed by atoms with Crippen LogP contribution in [0.5, 0.6) is 5.75 Å². The Labute approximate surface area is 118 Å². The van der Waals surface area contributed by atoms with Crippen molar-refractivity contribution in [1.82, 2.24) is 0 Å². The molecule has 2 aromatic carbocycles. The molecule has 0 heterocycles. The van der Waals surface area contributed by atoms with E-state index in [0.717, 1.165) is 33.4 Å². The Morgan fingerprint density at radius 3 is 2.40 bits per heavy atom. The molecule has 100 valence electrons. The van der Waals surface area contributed by atoms with Crippen LogP contribution in [0.1, 0.15) is 32.6 Å². The number of hydrogen-bond acceptors (Lipinski definition) is 2. The normalized spacial score (nSPS) is 15.7. The van der Waals surface area contributed by atoms with Gasteiger partial charge in [-0.2, -0.15) is 0 Å². The maximum atomic E-state index is 12.3. The van der Waals surface area contributed by atoms with E-state index in [1.807, 2.05) is 56.3 Å². The number of fused-ring (bicyclic) bond motifs is 1. The molecule has 0 aromatic heterocycles. The first-order chi connectivity index (χ1) is 9.56. The number of aromatic hydroxyl groups is 1. The molecule has 0 saturated carbocycles. The number of benzene rings is 2. The van der Waals surface area contributed by atoms with Gasteiger partial charge in [0.25, 0.3) is 0 Å². The summed E-state index contributed by atoms with van der Waals surface area (Å²) in [5, 5.41) is 9.80. The van der Waals surface area contributed by atoms with Crippen molar-refractivity contribution in [1.29, 1.82) is 0 Å². The van der Waals surface area contributed by atoms with Gasteiger partial charge >= 0.3 is 0 Å². The third-order valence-corrected chi connectivity index (χ3v) is 3.79. The number of phenolic OH excluding ortho intramolecular Hbond substituents is 1. The predicted molar refractivity (Wildman–Crippen MR) is 80.0 cm³/mol. The molecule has 0 unspecified atom stereocenters. The summed E-state index contributed by atoms with van der Waals surface area (Å²) in [5.74, 6) is 0.442. The van der Waals surface area contributed by atoms with Crippen molar-refractivity contribution in [2.75, 3.05) is 0 Å². The Bertz CT molecular complexity index is 716. The highest BCUT2D eigenvalue weighted by molar-refractivity contribution is 6.15. The van der Waals surface area contributed by atoms with E-state index in [0.29, 0.717) is 12.2 Å². The van der Waals surface area contributed by atoms with Gasteiger partial charge in [0, 0.05) is 17.6 Å². The zero-order valence-electron chi connectivity index (χ0n) is 11.6. The molecule has 0 atom stereocenters. The van der Waals surface area contributed by atoms with E-state index in [4.69, 9.17) is 0 Å². The zero-order valence-corrected chi connectivity index (χ0v) is 11.6. The molecule has 1 N–H and O–H groups in total. The minimum absolute atomic E-state index is 0.115. The fourth-order valence-electron chi connectivity index (χ4n) is 2.74. The summed E-state index contributed by atoms with van der Waals surface area (Å²) < 4.78 is 0. The van der Waals surface area contributed by atoms with Crippen LogP contribution in [0.2, 0.25) is 0 Å². The second-order valence-electron chi connectivity index (χ2n) is 5.34. The first-order valence-corrected chi connectivity index (χ1v) is 6.69. The maximum Gasteiger partial charge on any atom is 0.189 e. The molecule has 0 saturated heterocycles. The van der Waals surface area contributed by atoms with Crippen molar-refractivity contribution < 1.29 is 9.90 Å². The minimum Gasteiger partial charge on any atom is -0.507 e. The van der Waals surface area contributed by atoms with E-state index in [9.17, 15) is 9.90 Å². The lowest BCUT2D eigenvalue weighted by Gasteiger charge is -2.05. The number of hydrogen-bond donors (Lipinski definition) is 1. The monoisotopic (exact) mass is 264 g/mol. The standard InChI is InChI=1S/C18H16O2/c1-11-7-13(8-12(2)17(11)19)9-15-10-14-5-3-4-6-16(14)18(15)20/h3-9,19H,10H2,1-2H3/b15-9-. The minimum atomic E-state index is 0.115. The first kappa shape index (κ1) is 12.7. The molecule has 0 bridgehead atoms. The van der Waals surface area contributed by atoms with Gasteiger partial charge in [-0.25, -0.2) is 0 Å². The molecule has 0 fully saturated rings. The fraction of sp³-hybridized carbons (Fsp3) is 0.167. The van der Waals surface area contributed by atoms with Crippen LogP contribution in [-0.4, -0.2) is 10.9 Å². The lowest BCUT2D eigenvalue weighted by molar-refractivity contribution is 0.104. The molecular formula is C18H16O2. The summed E-state index contributed by atoms with van der Waals surface area (Å²) in [7, 11) is 0. The van der Waals surface area contributed by atoms with Crippen molar-refractivity contribution in [3.63, 3.8) is 0 Å². The van der Waals surface area contributed by atoms with E-state index in [1.165, 1.54) is 0 Å². The fourth-order valence-corrected chi connectivity index (χ4v) is 2.74. The number of carbonyl (C=O) groups is 1. The molecule has 0 aliphatic heterocycles. The number of carbonyl (C=O) groups excluding carboxylic acids is 1. The Balaban J connectivity index is 2.02. The summed E-state index contributed by atoms with van der Waals surface area (Å²) >= 11 is 0.